The van der Waals surface area contributed by atoms with Gasteiger partial charge in [0.1, 0.15) is 0 Å². The standard InChI is InChI=1S/C14H23N7O/c1-4-7-21-12(16-18-19-21)9-20-8-5-6-11(20)13-15-14(10(2)3)22-17-13/h10-11H,4-9H2,1-3H3/t11-/m0/s1. The smallest absolute Gasteiger partial charge is 0.229 e. The average Bonchev–Trinajstić information content (AvgIpc) is 3.20. The van der Waals surface area contributed by atoms with Gasteiger partial charge in [-0.3, -0.25) is 4.90 Å². The van der Waals surface area contributed by atoms with Gasteiger partial charge in [-0.2, -0.15) is 4.98 Å². The topological polar surface area (TPSA) is 85.8 Å². The van der Waals surface area contributed by atoms with Crippen LogP contribution in [0.15, 0.2) is 4.52 Å². The summed E-state index contributed by atoms with van der Waals surface area (Å²) in [6.07, 6.45) is 3.20. The molecule has 0 spiro atoms. The Bertz CT molecular complexity index is 606. The monoisotopic (exact) mass is 305 g/mol. The summed E-state index contributed by atoms with van der Waals surface area (Å²) in [6.45, 7) is 8.82. The second-order valence-electron chi connectivity index (χ2n) is 6.09. The number of nitrogens with zero attached hydrogens (tertiary/aromatic N) is 7. The van der Waals surface area contributed by atoms with Gasteiger partial charge in [-0.05, 0) is 36.2 Å². The molecule has 0 saturated carbocycles. The van der Waals surface area contributed by atoms with Gasteiger partial charge in [-0.1, -0.05) is 25.9 Å². The lowest BCUT2D eigenvalue weighted by Crippen LogP contribution is -2.25. The molecule has 0 unspecified atom stereocenters. The van der Waals surface area contributed by atoms with Crippen LogP contribution >= 0.6 is 0 Å². The number of rotatable bonds is 6. The maximum Gasteiger partial charge on any atom is 0.229 e. The van der Waals surface area contributed by atoms with E-state index < -0.39 is 0 Å². The van der Waals surface area contributed by atoms with Crippen molar-refractivity contribution < 1.29 is 4.52 Å². The predicted octanol–water partition coefficient (Wildman–Crippen LogP) is 1.93. The van der Waals surface area contributed by atoms with Crippen LogP contribution in [-0.2, 0) is 13.1 Å². The molecule has 0 radical (unpaired) electrons. The number of hydrogen-bond donors (Lipinski definition) is 0. The molecule has 0 bridgehead atoms. The Hall–Kier alpha value is -1.83. The minimum absolute atomic E-state index is 0.197. The highest BCUT2D eigenvalue weighted by Gasteiger charge is 2.31. The molecule has 1 aliphatic rings. The van der Waals surface area contributed by atoms with Gasteiger partial charge in [0.05, 0.1) is 12.6 Å². The van der Waals surface area contributed by atoms with E-state index in [1.54, 1.807) is 0 Å². The summed E-state index contributed by atoms with van der Waals surface area (Å²) in [5.41, 5.74) is 0. The SMILES string of the molecule is CCCn1nnnc1CN1CCC[C@H]1c1noc(C(C)C)n1. The maximum atomic E-state index is 5.35. The van der Waals surface area contributed by atoms with E-state index in [1.165, 1.54) is 0 Å². The van der Waals surface area contributed by atoms with Crippen molar-refractivity contribution >= 4 is 0 Å². The van der Waals surface area contributed by atoms with Crippen LogP contribution in [0.4, 0.5) is 0 Å². The molecule has 8 heteroatoms. The average molecular weight is 305 g/mol. The van der Waals surface area contributed by atoms with Gasteiger partial charge >= 0.3 is 0 Å². The molecule has 120 valence electrons. The summed E-state index contributed by atoms with van der Waals surface area (Å²) in [7, 11) is 0. The molecule has 1 atom stereocenters. The summed E-state index contributed by atoms with van der Waals surface area (Å²) in [5.74, 6) is 2.66. The molecule has 3 rings (SSSR count). The molecular formula is C14H23N7O. The third kappa shape index (κ3) is 3.01. The van der Waals surface area contributed by atoms with Crippen molar-refractivity contribution in [2.75, 3.05) is 6.54 Å². The summed E-state index contributed by atoms with van der Waals surface area (Å²) >= 11 is 0. The van der Waals surface area contributed by atoms with Crippen LogP contribution in [0, 0.1) is 0 Å². The van der Waals surface area contributed by atoms with Crippen molar-refractivity contribution in [3.05, 3.63) is 17.5 Å². The first-order valence-electron chi connectivity index (χ1n) is 8.01. The molecular weight excluding hydrogens is 282 g/mol. The summed E-state index contributed by atoms with van der Waals surface area (Å²) in [4.78, 5) is 6.89. The van der Waals surface area contributed by atoms with Crippen molar-refractivity contribution in [2.45, 2.75) is 65.1 Å². The van der Waals surface area contributed by atoms with E-state index in [0.717, 1.165) is 50.5 Å². The Morgan fingerprint density at radius 3 is 2.95 bits per heavy atom. The van der Waals surface area contributed by atoms with Crippen molar-refractivity contribution in [1.29, 1.82) is 0 Å². The van der Waals surface area contributed by atoms with Gasteiger partial charge in [-0.15, -0.1) is 5.10 Å². The zero-order valence-corrected chi connectivity index (χ0v) is 13.4. The highest BCUT2D eigenvalue weighted by atomic mass is 16.5. The Labute approximate surface area is 129 Å². The largest absolute Gasteiger partial charge is 0.339 e. The fraction of sp³-hybridized carbons (Fsp3) is 0.786. The van der Waals surface area contributed by atoms with Crippen LogP contribution in [0.5, 0.6) is 0 Å². The molecule has 8 nitrogen and oxygen atoms in total. The second-order valence-corrected chi connectivity index (χ2v) is 6.09. The maximum absolute atomic E-state index is 5.35. The minimum Gasteiger partial charge on any atom is -0.339 e. The molecule has 3 heterocycles. The highest BCUT2D eigenvalue weighted by Crippen LogP contribution is 2.31. The number of tetrazole rings is 1. The fourth-order valence-corrected chi connectivity index (χ4v) is 2.83. The van der Waals surface area contributed by atoms with Gasteiger partial charge in [-0.25, -0.2) is 4.68 Å². The summed E-state index contributed by atoms with van der Waals surface area (Å²) in [6, 6.07) is 0.197. The van der Waals surface area contributed by atoms with Gasteiger partial charge in [0.25, 0.3) is 0 Å². The molecule has 2 aromatic heterocycles. The summed E-state index contributed by atoms with van der Waals surface area (Å²) in [5, 5.41) is 16.2. The van der Waals surface area contributed by atoms with E-state index in [4.69, 9.17) is 4.52 Å². The van der Waals surface area contributed by atoms with Crippen LogP contribution in [0.1, 0.15) is 69.5 Å². The van der Waals surface area contributed by atoms with E-state index in [0.29, 0.717) is 5.89 Å². The van der Waals surface area contributed by atoms with Crippen LogP contribution < -0.4 is 0 Å². The predicted molar refractivity (Wildman–Crippen MR) is 78.9 cm³/mol. The lowest BCUT2D eigenvalue weighted by Gasteiger charge is -2.20. The quantitative estimate of drug-likeness (QED) is 0.806. The van der Waals surface area contributed by atoms with Crippen LogP contribution in [0.3, 0.4) is 0 Å². The number of likely N-dealkylation sites (tertiary alicyclic amines) is 1. The third-order valence-corrected chi connectivity index (χ3v) is 4.00. The lowest BCUT2D eigenvalue weighted by molar-refractivity contribution is 0.224. The van der Waals surface area contributed by atoms with E-state index in [9.17, 15) is 0 Å². The Morgan fingerprint density at radius 2 is 2.23 bits per heavy atom. The third-order valence-electron chi connectivity index (χ3n) is 4.00. The number of aromatic nitrogens is 6. The first-order valence-corrected chi connectivity index (χ1v) is 8.01. The fourth-order valence-electron chi connectivity index (χ4n) is 2.83. The van der Waals surface area contributed by atoms with Crippen LogP contribution in [0.25, 0.3) is 0 Å². The second kappa shape index (κ2) is 6.51. The Kier molecular flexibility index (Phi) is 4.47. The van der Waals surface area contributed by atoms with Gasteiger partial charge < -0.3 is 4.52 Å². The molecule has 1 aliphatic heterocycles. The molecule has 2 aromatic rings. The molecule has 0 N–H and O–H groups in total. The van der Waals surface area contributed by atoms with E-state index >= 15 is 0 Å². The first kappa shape index (κ1) is 15.1. The Morgan fingerprint density at radius 1 is 1.36 bits per heavy atom. The highest BCUT2D eigenvalue weighted by molar-refractivity contribution is 5.00. The summed E-state index contributed by atoms with van der Waals surface area (Å²) < 4.78 is 7.23. The normalized spacial score (nSPS) is 19.4. The van der Waals surface area contributed by atoms with E-state index in [2.05, 4.69) is 51.3 Å². The molecule has 1 saturated heterocycles. The zero-order chi connectivity index (χ0) is 15.5. The van der Waals surface area contributed by atoms with Gasteiger partial charge in [0.2, 0.25) is 5.89 Å². The van der Waals surface area contributed by atoms with Crippen molar-refractivity contribution in [3.8, 4) is 0 Å². The van der Waals surface area contributed by atoms with Gasteiger partial charge in [0.15, 0.2) is 11.6 Å². The van der Waals surface area contributed by atoms with Crippen molar-refractivity contribution in [3.63, 3.8) is 0 Å². The zero-order valence-electron chi connectivity index (χ0n) is 13.4. The molecule has 0 aliphatic carbocycles. The molecule has 22 heavy (non-hydrogen) atoms. The van der Waals surface area contributed by atoms with E-state index in [-0.39, 0.29) is 12.0 Å². The van der Waals surface area contributed by atoms with Crippen LogP contribution in [-0.4, -0.2) is 41.8 Å². The van der Waals surface area contributed by atoms with Crippen molar-refractivity contribution in [1.82, 2.24) is 35.2 Å². The van der Waals surface area contributed by atoms with Gasteiger partial charge in [0, 0.05) is 12.5 Å². The lowest BCUT2D eigenvalue weighted by atomic mass is 10.2. The van der Waals surface area contributed by atoms with E-state index in [1.807, 2.05) is 4.68 Å². The molecule has 1 fully saturated rings. The van der Waals surface area contributed by atoms with Crippen LogP contribution in [0.2, 0.25) is 0 Å². The number of hydrogen-bond acceptors (Lipinski definition) is 7. The van der Waals surface area contributed by atoms with Crippen molar-refractivity contribution in [2.24, 2.45) is 0 Å². The molecule has 0 amide bonds. The minimum atomic E-state index is 0.197. The number of aryl methyl sites for hydroxylation is 1. The Balaban J connectivity index is 1.73. The molecule has 0 aromatic carbocycles. The first-order chi connectivity index (χ1) is 10.7.